The maximum absolute atomic E-state index is 13.0. The number of hydrogen-bond acceptors (Lipinski definition) is 2. The molecule has 1 unspecified atom stereocenters. The first-order valence-electron chi connectivity index (χ1n) is 6.56. The first-order valence-corrected chi connectivity index (χ1v) is 6.56. The fourth-order valence-electron chi connectivity index (χ4n) is 2.01. The average molecular weight is 267 g/mol. The summed E-state index contributed by atoms with van der Waals surface area (Å²) >= 11 is 0. The Balaban J connectivity index is 2.47. The number of carboxylic acid groups (broad SMARTS) is 1. The summed E-state index contributed by atoms with van der Waals surface area (Å²) in [6.07, 6.45) is 0.721. The van der Waals surface area contributed by atoms with Crippen molar-refractivity contribution in [1.82, 2.24) is 4.90 Å². The van der Waals surface area contributed by atoms with E-state index in [1.54, 1.807) is 6.07 Å². The predicted molar refractivity (Wildman–Crippen MR) is 73.6 cm³/mol. The Morgan fingerprint density at radius 3 is 2.63 bits per heavy atom. The molecule has 1 atom stereocenters. The van der Waals surface area contributed by atoms with Gasteiger partial charge < -0.3 is 10.0 Å². The van der Waals surface area contributed by atoms with E-state index in [9.17, 15) is 9.18 Å². The van der Waals surface area contributed by atoms with Gasteiger partial charge >= 0.3 is 5.97 Å². The predicted octanol–water partition coefficient (Wildman–Crippen LogP) is 2.66. The van der Waals surface area contributed by atoms with E-state index >= 15 is 0 Å². The van der Waals surface area contributed by atoms with Crippen LogP contribution in [-0.2, 0) is 11.2 Å². The molecule has 0 amide bonds. The Hall–Kier alpha value is -1.42. The van der Waals surface area contributed by atoms with Crippen molar-refractivity contribution in [2.24, 2.45) is 11.8 Å². The summed E-state index contributed by atoms with van der Waals surface area (Å²) in [6, 6.07) is 6.52. The number of nitrogens with zero attached hydrogens (tertiary/aromatic N) is 1. The summed E-state index contributed by atoms with van der Waals surface area (Å²) in [5, 5.41) is 9.14. The van der Waals surface area contributed by atoms with Crippen molar-refractivity contribution < 1.29 is 14.3 Å². The van der Waals surface area contributed by atoms with Gasteiger partial charge in [0, 0.05) is 13.1 Å². The van der Waals surface area contributed by atoms with Gasteiger partial charge in [-0.25, -0.2) is 4.39 Å². The SMILES string of the molecule is CC(C)C(CN(C)CCc1cccc(F)c1)C(=O)O. The van der Waals surface area contributed by atoms with Gasteiger partial charge in [0.1, 0.15) is 5.82 Å². The summed E-state index contributed by atoms with van der Waals surface area (Å²) in [7, 11) is 1.90. The molecular weight excluding hydrogens is 245 g/mol. The van der Waals surface area contributed by atoms with E-state index in [4.69, 9.17) is 5.11 Å². The first kappa shape index (κ1) is 15.6. The summed E-state index contributed by atoms with van der Waals surface area (Å²) in [4.78, 5) is 13.1. The molecule has 0 aromatic heterocycles. The number of carbonyl (C=O) groups is 1. The lowest BCUT2D eigenvalue weighted by atomic mass is 9.95. The van der Waals surface area contributed by atoms with Crippen LogP contribution in [0.1, 0.15) is 19.4 Å². The second-order valence-corrected chi connectivity index (χ2v) is 5.33. The molecule has 1 aromatic carbocycles. The molecule has 0 aliphatic carbocycles. The highest BCUT2D eigenvalue weighted by molar-refractivity contribution is 5.70. The van der Waals surface area contributed by atoms with Crippen molar-refractivity contribution in [3.63, 3.8) is 0 Å². The minimum absolute atomic E-state index is 0.106. The van der Waals surface area contributed by atoms with Crippen LogP contribution in [0.25, 0.3) is 0 Å². The van der Waals surface area contributed by atoms with E-state index < -0.39 is 5.97 Å². The van der Waals surface area contributed by atoms with Crippen molar-refractivity contribution in [3.05, 3.63) is 35.6 Å². The zero-order valence-electron chi connectivity index (χ0n) is 11.8. The summed E-state index contributed by atoms with van der Waals surface area (Å²) in [5.74, 6) is -1.25. The molecule has 0 spiro atoms. The van der Waals surface area contributed by atoms with E-state index in [-0.39, 0.29) is 17.7 Å². The molecule has 0 heterocycles. The van der Waals surface area contributed by atoms with Crippen LogP contribution in [0, 0.1) is 17.7 Å². The van der Waals surface area contributed by atoms with E-state index in [1.165, 1.54) is 12.1 Å². The minimum atomic E-state index is -0.757. The summed E-state index contributed by atoms with van der Waals surface area (Å²) in [5.41, 5.74) is 0.934. The normalized spacial score (nSPS) is 12.9. The zero-order chi connectivity index (χ0) is 14.4. The van der Waals surface area contributed by atoms with Gasteiger partial charge in [0.2, 0.25) is 0 Å². The van der Waals surface area contributed by atoms with Crippen molar-refractivity contribution in [2.45, 2.75) is 20.3 Å². The fourth-order valence-corrected chi connectivity index (χ4v) is 2.01. The van der Waals surface area contributed by atoms with Gasteiger partial charge in [-0.1, -0.05) is 26.0 Å². The Bertz CT molecular complexity index is 420. The van der Waals surface area contributed by atoms with Gasteiger partial charge in [-0.05, 0) is 37.1 Å². The molecule has 0 aliphatic rings. The molecule has 0 bridgehead atoms. The van der Waals surface area contributed by atoms with Gasteiger partial charge in [-0.15, -0.1) is 0 Å². The van der Waals surface area contributed by atoms with Crippen molar-refractivity contribution >= 4 is 5.97 Å². The Kier molecular flexibility index (Phi) is 5.96. The number of benzene rings is 1. The van der Waals surface area contributed by atoms with Crippen LogP contribution in [0.15, 0.2) is 24.3 Å². The number of aliphatic carboxylic acids is 1. The molecule has 0 fully saturated rings. The Morgan fingerprint density at radius 2 is 2.11 bits per heavy atom. The molecule has 0 saturated carbocycles. The van der Waals surface area contributed by atoms with Crippen LogP contribution >= 0.6 is 0 Å². The quantitative estimate of drug-likeness (QED) is 0.825. The van der Waals surface area contributed by atoms with Crippen LogP contribution < -0.4 is 0 Å². The van der Waals surface area contributed by atoms with E-state index in [1.807, 2.05) is 31.9 Å². The highest BCUT2D eigenvalue weighted by atomic mass is 19.1. The Morgan fingerprint density at radius 1 is 1.42 bits per heavy atom. The molecule has 0 saturated heterocycles. The van der Waals surface area contributed by atoms with Crippen LogP contribution in [0.5, 0.6) is 0 Å². The van der Waals surface area contributed by atoms with Gasteiger partial charge in [0.25, 0.3) is 0 Å². The lowest BCUT2D eigenvalue weighted by Gasteiger charge is -2.23. The zero-order valence-corrected chi connectivity index (χ0v) is 11.8. The second kappa shape index (κ2) is 7.24. The number of hydrogen-bond donors (Lipinski definition) is 1. The lowest BCUT2D eigenvalue weighted by Crippen LogP contribution is -2.34. The van der Waals surface area contributed by atoms with Crippen molar-refractivity contribution in [3.8, 4) is 0 Å². The smallest absolute Gasteiger partial charge is 0.308 e. The molecular formula is C15H22FNO2. The maximum Gasteiger partial charge on any atom is 0.308 e. The fraction of sp³-hybridized carbons (Fsp3) is 0.533. The van der Waals surface area contributed by atoms with Crippen molar-refractivity contribution in [2.75, 3.05) is 20.1 Å². The number of likely N-dealkylation sites (N-methyl/N-ethyl adjacent to an activating group) is 1. The lowest BCUT2D eigenvalue weighted by molar-refractivity contribution is -0.143. The average Bonchev–Trinajstić information content (AvgIpc) is 2.32. The highest BCUT2D eigenvalue weighted by Gasteiger charge is 2.22. The maximum atomic E-state index is 13.0. The molecule has 1 rings (SSSR count). The van der Waals surface area contributed by atoms with E-state index in [0.29, 0.717) is 6.54 Å². The third kappa shape index (κ3) is 5.39. The topological polar surface area (TPSA) is 40.5 Å². The number of halogens is 1. The monoisotopic (exact) mass is 267 g/mol. The van der Waals surface area contributed by atoms with E-state index in [2.05, 4.69) is 0 Å². The van der Waals surface area contributed by atoms with Crippen LogP contribution in [0.2, 0.25) is 0 Å². The molecule has 106 valence electrons. The van der Waals surface area contributed by atoms with Gasteiger partial charge in [-0.3, -0.25) is 4.79 Å². The third-order valence-corrected chi connectivity index (χ3v) is 3.30. The summed E-state index contributed by atoms with van der Waals surface area (Å²) < 4.78 is 13.0. The molecule has 0 aliphatic heterocycles. The molecule has 1 aromatic rings. The highest BCUT2D eigenvalue weighted by Crippen LogP contribution is 2.13. The molecule has 4 heteroatoms. The first-order chi connectivity index (χ1) is 8.90. The van der Waals surface area contributed by atoms with Crippen LogP contribution in [0.3, 0.4) is 0 Å². The number of carboxylic acids is 1. The standard InChI is InChI=1S/C15H22FNO2/c1-11(2)14(15(18)19)10-17(3)8-7-12-5-4-6-13(16)9-12/h4-6,9,11,14H,7-8,10H2,1-3H3,(H,18,19). The minimum Gasteiger partial charge on any atom is -0.481 e. The molecule has 1 N–H and O–H groups in total. The van der Waals surface area contributed by atoms with Crippen molar-refractivity contribution in [1.29, 1.82) is 0 Å². The van der Waals surface area contributed by atoms with Gasteiger partial charge in [0.05, 0.1) is 5.92 Å². The molecule has 19 heavy (non-hydrogen) atoms. The second-order valence-electron chi connectivity index (χ2n) is 5.33. The van der Waals surface area contributed by atoms with Gasteiger partial charge in [-0.2, -0.15) is 0 Å². The van der Waals surface area contributed by atoms with Crippen LogP contribution in [0.4, 0.5) is 4.39 Å². The molecule has 0 radical (unpaired) electrons. The number of rotatable bonds is 7. The van der Waals surface area contributed by atoms with E-state index in [0.717, 1.165) is 18.5 Å². The summed E-state index contributed by atoms with van der Waals surface area (Å²) in [6.45, 7) is 5.07. The van der Waals surface area contributed by atoms with Crippen LogP contribution in [-0.4, -0.2) is 36.1 Å². The Labute approximate surface area is 114 Å². The van der Waals surface area contributed by atoms with Gasteiger partial charge in [0.15, 0.2) is 0 Å². The largest absolute Gasteiger partial charge is 0.481 e. The third-order valence-electron chi connectivity index (χ3n) is 3.30. The molecule has 3 nitrogen and oxygen atoms in total.